The molecule has 2 N–H and O–H groups in total. The van der Waals surface area contributed by atoms with Crippen molar-refractivity contribution in [3.63, 3.8) is 0 Å². The molecule has 0 radical (unpaired) electrons. The minimum atomic E-state index is 0.0938. The number of amides is 1. The molecule has 0 aliphatic carbocycles. The van der Waals surface area contributed by atoms with Crippen molar-refractivity contribution in [2.45, 2.75) is 31.8 Å². The monoisotopic (exact) mass is 276 g/mol. The van der Waals surface area contributed by atoms with Crippen LogP contribution >= 0.6 is 0 Å². The summed E-state index contributed by atoms with van der Waals surface area (Å²) in [6.45, 7) is 3.10. The summed E-state index contributed by atoms with van der Waals surface area (Å²) >= 11 is 0. The highest BCUT2D eigenvalue weighted by Crippen LogP contribution is 2.13. The number of likely N-dealkylation sites (tertiary alicyclic amines) is 1. The van der Waals surface area contributed by atoms with Crippen molar-refractivity contribution < 1.29 is 4.79 Å². The summed E-state index contributed by atoms with van der Waals surface area (Å²) in [5.41, 5.74) is 7.04. The van der Waals surface area contributed by atoms with E-state index >= 15 is 0 Å². The van der Waals surface area contributed by atoms with Gasteiger partial charge in [0.1, 0.15) is 0 Å². The Labute approximate surface area is 120 Å². The average Bonchev–Trinajstić information content (AvgIpc) is 2.99. The molecule has 1 amide bonds. The highest BCUT2D eigenvalue weighted by atomic mass is 16.2. The smallest absolute Gasteiger partial charge is 0.224 e. The van der Waals surface area contributed by atoms with Gasteiger partial charge in [0, 0.05) is 51.0 Å². The van der Waals surface area contributed by atoms with Gasteiger partial charge in [0.25, 0.3) is 0 Å². The maximum Gasteiger partial charge on any atom is 0.224 e. The fraction of sp³-hybridized carbons (Fsp3) is 0.600. The number of likely N-dealkylation sites (N-methyl/N-ethyl adjacent to an activating group) is 1. The predicted molar refractivity (Wildman–Crippen MR) is 79.0 cm³/mol. The van der Waals surface area contributed by atoms with E-state index in [0.717, 1.165) is 32.5 Å². The molecule has 0 bridgehead atoms. The van der Waals surface area contributed by atoms with E-state index in [2.05, 4.69) is 9.88 Å². The Morgan fingerprint density at radius 2 is 2.05 bits per heavy atom. The van der Waals surface area contributed by atoms with E-state index in [1.807, 2.05) is 24.1 Å². The lowest BCUT2D eigenvalue weighted by molar-refractivity contribution is -0.131. The summed E-state index contributed by atoms with van der Waals surface area (Å²) in [7, 11) is 2.02. The van der Waals surface area contributed by atoms with Crippen molar-refractivity contribution in [1.29, 1.82) is 0 Å². The first-order valence-corrected chi connectivity index (χ1v) is 7.27. The summed E-state index contributed by atoms with van der Waals surface area (Å²) in [6.07, 6.45) is 6.35. The number of rotatable bonds is 6. The van der Waals surface area contributed by atoms with E-state index in [-0.39, 0.29) is 11.9 Å². The average molecular weight is 276 g/mol. The fourth-order valence-corrected chi connectivity index (χ4v) is 2.62. The third-order valence-corrected chi connectivity index (χ3v) is 3.95. The van der Waals surface area contributed by atoms with Crippen LogP contribution in [0.1, 0.15) is 24.8 Å². The number of nitrogens with zero attached hydrogens (tertiary/aromatic N) is 3. The Hall–Kier alpha value is -1.46. The lowest BCUT2D eigenvalue weighted by Crippen LogP contribution is -2.42. The van der Waals surface area contributed by atoms with Crippen molar-refractivity contribution >= 4 is 5.91 Å². The lowest BCUT2D eigenvalue weighted by Gasteiger charge is -2.28. The van der Waals surface area contributed by atoms with E-state index < -0.39 is 0 Å². The second kappa shape index (κ2) is 7.36. The van der Waals surface area contributed by atoms with Crippen LogP contribution in [0.3, 0.4) is 0 Å². The van der Waals surface area contributed by atoms with Gasteiger partial charge in [-0.05, 0) is 37.6 Å². The van der Waals surface area contributed by atoms with Gasteiger partial charge in [-0.1, -0.05) is 0 Å². The first-order valence-electron chi connectivity index (χ1n) is 7.27. The number of carbonyl (C=O) groups is 1. The minimum absolute atomic E-state index is 0.0938. The Morgan fingerprint density at radius 3 is 2.65 bits per heavy atom. The predicted octanol–water partition coefficient (Wildman–Crippen LogP) is 0.853. The van der Waals surface area contributed by atoms with Crippen molar-refractivity contribution in [3.05, 3.63) is 30.1 Å². The second-order valence-corrected chi connectivity index (χ2v) is 5.45. The van der Waals surface area contributed by atoms with Crippen LogP contribution in [0.5, 0.6) is 0 Å². The van der Waals surface area contributed by atoms with Crippen molar-refractivity contribution in [2.75, 3.05) is 26.7 Å². The Kier molecular flexibility index (Phi) is 5.49. The summed E-state index contributed by atoms with van der Waals surface area (Å²) in [4.78, 5) is 20.3. The van der Waals surface area contributed by atoms with Crippen LogP contribution in [0.4, 0.5) is 0 Å². The zero-order valence-corrected chi connectivity index (χ0v) is 12.2. The van der Waals surface area contributed by atoms with Gasteiger partial charge in [0.15, 0.2) is 0 Å². The van der Waals surface area contributed by atoms with E-state index in [9.17, 15) is 4.79 Å². The molecule has 1 aliphatic rings. The topological polar surface area (TPSA) is 62.5 Å². The molecule has 1 aromatic rings. The van der Waals surface area contributed by atoms with Crippen LogP contribution < -0.4 is 5.73 Å². The van der Waals surface area contributed by atoms with Gasteiger partial charge < -0.3 is 10.6 Å². The Morgan fingerprint density at radius 1 is 1.40 bits per heavy atom. The molecule has 1 saturated heterocycles. The molecule has 1 atom stereocenters. The maximum atomic E-state index is 12.2. The van der Waals surface area contributed by atoms with Crippen LogP contribution in [0.15, 0.2) is 24.5 Å². The minimum Gasteiger partial charge on any atom is -0.343 e. The molecular formula is C15H24N4O. The summed E-state index contributed by atoms with van der Waals surface area (Å²) in [6, 6.07) is 4.08. The highest BCUT2D eigenvalue weighted by Gasteiger charge is 2.23. The van der Waals surface area contributed by atoms with Crippen molar-refractivity contribution in [3.8, 4) is 0 Å². The van der Waals surface area contributed by atoms with Gasteiger partial charge in [0.2, 0.25) is 5.91 Å². The van der Waals surface area contributed by atoms with E-state index in [1.165, 1.54) is 5.56 Å². The van der Waals surface area contributed by atoms with Crippen LogP contribution in [0, 0.1) is 0 Å². The van der Waals surface area contributed by atoms with Crippen LogP contribution in [0.2, 0.25) is 0 Å². The van der Waals surface area contributed by atoms with E-state index in [0.29, 0.717) is 13.0 Å². The van der Waals surface area contributed by atoms with Gasteiger partial charge in [0.05, 0.1) is 0 Å². The molecule has 110 valence electrons. The Balaban J connectivity index is 1.88. The molecule has 2 rings (SSSR count). The number of nitrogens with two attached hydrogens (primary N) is 1. The molecule has 5 nitrogen and oxygen atoms in total. The number of carbonyl (C=O) groups excluding carboxylic acids is 1. The molecular weight excluding hydrogens is 252 g/mol. The third kappa shape index (κ3) is 4.02. The molecule has 20 heavy (non-hydrogen) atoms. The normalized spacial score (nSPS) is 16.6. The fourth-order valence-electron chi connectivity index (χ4n) is 2.62. The van der Waals surface area contributed by atoms with Crippen molar-refractivity contribution in [2.24, 2.45) is 5.73 Å². The standard InChI is InChI=1S/C15H24N4O/c1-18(12-13-4-6-17-7-5-13)14(11-16)10-15(20)19-8-2-3-9-19/h4-7,14H,2-3,8-12,16H2,1H3. The van der Waals surface area contributed by atoms with Crippen LogP contribution in [0.25, 0.3) is 0 Å². The largest absolute Gasteiger partial charge is 0.343 e. The number of hydrogen-bond acceptors (Lipinski definition) is 4. The molecule has 1 fully saturated rings. The van der Waals surface area contributed by atoms with Gasteiger partial charge >= 0.3 is 0 Å². The van der Waals surface area contributed by atoms with Crippen LogP contribution in [-0.4, -0.2) is 53.4 Å². The molecule has 0 aromatic carbocycles. The molecule has 0 spiro atoms. The van der Waals surface area contributed by atoms with Gasteiger partial charge in [-0.2, -0.15) is 0 Å². The molecule has 1 aliphatic heterocycles. The third-order valence-electron chi connectivity index (χ3n) is 3.95. The van der Waals surface area contributed by atoms with Gasteiger partial charge in [-0.15, -0.1) is 0 Å². The summed E-state index contributed by atoms with van der Waals surface area (Å²) in [5, 5.41) is 0. The first kappa shape index (κ1) is 14.9. The summed E-state index contributed by atoms with van der Waals surface area (Å²) < 4.78 is 0. The molecule has 2 heterocycles. The van der Waals surface area contributed by atoms with E-state index in [1.54, 1.807) is 12.4 Å². The number of pyridine rings is 1. The number of aromatic nitrogens is 1. The maximum absolute atomic E-state index is 12.2. The van der Waals surface area contributed by atoms with Crippen LogP contribution in [-0.2, 0) is 11.3 Å². The highest BCUT2D eigenvalue weighted by molar-refractivity contribution is 5.77. The Bertz CT molecular complexity index is 417. The quantitative estimate of drug-likeness (QED) is 0.837. The van der Waals surface area contributed by atoms with Gasteiger partial charge in [-0.3, -0.25) is 14.7 Å². The zero-order valence-electron chi connectivity index (χ0n) is 12.2. The molecule has 1 unspecified atom stereocenters. The lowest BCUT2D eigenvalue weighted by atomic mass is 10.1. The summed E-state index contributed by atoms with van der Waals surface area (Å²) in [5.74, 6) is 0.236. The van der Waals surface area contributed by atoms with Crippen molar-refractivity contribution in [1.82, 2.24) is 14.8 Å². The molecule has 5 heteroatoms. The number of hydrogen-bond donors (Lipinski definition) is 1. The first-order chi connectivity index (χ1) is 9.70. The molecule has 1 aromatic heterocycles. The zero-order chi connectivity index (χ0) is 14.4. The second-order valence-electron chi connectivity index (χ2n) is 5.45. The van der Waals surface area contributed by atoms with E-state index in [4.69, 9.17) is 5.73 Å². The van der Waals surface area contributed by atoms with Gasteiger partial charge in [-0.25, -0.2) is 0 Å². The molecule has 0 saturated carbocycles. The SMILES string of the molecule is CN(Cc1ccncc1)C(CN)CC(=O)N1CCCC1.